The number of nitrogens with one attached hydrogen (secondary N) is 1. The number of ether oxygens (including phenoxy) is 1. The quantitative estimate of drug-likeness (QED) is 0.914. The molecule has 1 unspecified atom stereocenters. The minimum Gasteiger partial charge on any atom is -0.444 e. The fourth-order valence-corrected chi connectivity index (χ4v) is 2.57. The average Bonchev–Trinajstić information content (AvgIpc) is 3.16. The summed E-state index contributed by atoms with van der Waals surface area (Å²) in [6, 6.07) is 6.41. The molecule has 2 heterocycles. The molecule has 1 aliphatic rings. The maximum atomic E-state index is 12.4. The Bertz CT molecular complexity index is 708. The van der Waals surface area contributed by atoms with Crippen LogP contribution in [0.4, 0.5) is 0 Å². The molecule has 2 amide bonds. The third-order valence-corrected chi connectivity index (χ3v) is 3.88. The van der Waals surface area contributed by atoms with Crippen LogP contribution >= 0.6 is 0 Å². The molecule has 0 spiro atoms. The first-order valence-corrected chi connectivity index (χ1v) is 7.81. The van der Waals surface area contributed by atoms with Crippen LogP contribution in [0.1, 0.15) is 17.3 Å². The smallest absolute Gasteiger partial charge is 0.251 e. The number of carbonyl (C=O) groups excluding carboxylic acids is 2. The first-order valence-electron chi connectivity index (χ1n) is 7.81. The Morgan fingerprint density at radius 1 is 1.29 bits per heavy atom. The number of aromatic nitrogens is 1. The van der Waals surface area contributed by atoms with Gasteiger partial charge in [-0.15, -0.1) is 0 Å². The van der Waals surface area contributed by atoms with E-state index in [1.54, 1.807) is 36.2 Å². The van der Waals surface area contributed by atoms with Gasteiger partial charge < -0.3 is 19.4 Å². The number of benzene rings is 1. The summed E-state index contributed by atoms with van der Waals surface area (Å²) in [5.41, 5.74) is 1.22. The lowest BCUT2D eigenvalue weighted by molar-refractivity contribution is -0.136. The number of carbonyl (C=O) groups is 2. The third kappa shape index (κ3) is 3.62. The summed E-state index contributed by atoms with van der Waals surface area (Å²) in [6.45, 7) is 3.87. The fraction of sp³-hybridized carbons (Fsp3) is 0.353. The number of nitrogens with zero attached hydrogens (tertiary/aromatic N) is 2. The van der Waals surface area contributed by atoms with Crippen molar-refractivity contribution in [3.05, 3.63) is 42.4 Å². The molecule has 1 N–H and O–H groups in total. The van der Waals surface area contributed by atoms with Crippen LogP contribution in [0.3, 0.4) is 0 Å². The van der Waals surface area contributed by atoms with E-state index in [0.29, 0.717) is 37.6 Å². The van der Waals surface area contributed by atoms with E-state index < -0.39 is 6.04 Å². The minimum atomic E-state index is -0.593. The van der Waals surface area contributed by atoms with Gasteiger partial charge in [-0.1, -0.05) is 12.1 Å². The van der Waals surface area contributed by atoms with Gasteiger partial charge in [-0.2, -0.15) is 0 Å². The zero-order valence-electron chi connectivity index (χ0n) is 13.4. The molecule has 0 saturated carbocycles. The standard InChI is InChI=1S/C17H19N3O4/c1-12(17(22)20-5-7-23-8-6-20)19-16(21)14-4-2-3-13(9-14)15-10-18-11-24-15/h2-4,9-12H,5-8H2,1H3,(H,19,21). The number of hydrogen-bond donors (Lipinski definition) is 1. The highest BCUT2D eigenvalue weighted by atomic mass is 16.5. The Balaban J connectivity index is 1.66. The molecule has 0 radical (unpaired) electrons. The fourth-order valence-electron chi connectivity index (χ4n) is 2.57. The zero-order chi connectivity index (χ0) is 16.9. The molecule has 1 atom stereocenters. The highest BCUT2D eigenvalue weighted by molar-refractivity contribution is 5.98. The highest BCUT2D eigenvalue weighted by Gasteiger charge is 2.24. The Morgan fingerprint density at radius 3 is 2.79 bits per heavy atom. The van der Waals surface area contributed by atoms with Crippen LogP contribution in [0.25, 0.3) is 11.3 Å². The molecule has 0 aliphatic carbocycles. The monoisotopic (exact) mass is 329 g/mol. The van der Waals surface area contributed by atoms with E-state index in [1.807, 2.05) is 6.07 Å². The van der Waals surface area contributed by atoms with E-state index in [1.165, 1.54) is 6.39 Å². The molecule has 2 aromatic rings. The molecular formula is C17H19N3O4. The maximum Gasteiger partial charge on any atom is 0.251 e. The lowest BCUT2D eigenvalue weighted by atomic mass is 10.1. The number of morpholine rings is 1. The summed E-state index contributed by atoms with van der Waals surface area (Å²) in [5.74, 6) is 0.186. The SMILES string of the molecule is CC(NC(=O)c1cccc(-c2cnco2)c1)C(=O)N1CCOCC1. The van der Waals surface area contributed by atoms with Crippen LogP contribution in [0, 0.1) is 0 Å². The second-order valence-corrected chi connectivity index (χ2v) is 5.58. The number of amides is 2. The molecule has 24 heavy (non-hydrogen) atoms. The molecule has 7 nitrogen and oxygen atoms in total. The Labute approximate surface area is 139 Å². The topological polar surface area (TPSA) is 84.7 Å². The third-order valence-electron chi connectivity index (χ3n) is 3.88. The van der Waals surface area contributed by atoms with Crippen LogP contribution in [0.2, 0.25) is 0 Å². The van der Waals surface area contributed by atoms with E-state index in [2.05, 4.69) is 10.3 Å². The Kier molecular flexibility index (Phi) is 4.90. The van der Waals surface area contributed by atoms with Crippen molar-refractivity contribution in [3.63, 3.8) is 0 Å². The summed E-state index contributed by atoms with van der Waals surface area (Å²) in [6.07, 6.45) is 2.92. The summed E-state index contributed by atoms with van der Waals surface area (Å²) >= 11 is 0. The van der Waals surface area contributed by atoms with Gasteiger partial charge in [0.25, 0.3) is 5.91 Å². The van der Waals surface area contributed by atoms with Crippen LogP contribution < -0.4 is 5.32 Å². The Hall–Kier alpha value is -2.67. The van der Waals surface area contributed by atoms with Gasteiger partial charge in [0, 0.05) is 24.2 Å². The first-order chi connectivity index (χ1) is 11.6. The van der Waals surface area contributed by atoms with Crippen molar-refractivity contribution < 1.29 is 18.7 Å². The molecule has 7 heteroatoms. The van der Waals surface area contributed by atoms with Gasteiger partial charge in [-0.25, -0.2) is 4.98 Å². The molecule has 126 valence electrons. The number of hydrogen-bond acceptors (Lipinski definition) is 5. The van der Waals surface area contributed by atoms with E-state index in [4.69, 9.17) is 9.15 Å². The summed E-state index contributed by atoms with van der Waals surface area (Å²) in [7, 11) is 0. The summed E-state index contributed by atoms with van der Waals surface area (Å²) in [5, 5.41) is 2.75. The number of oxazole rings is 1. The lowest BCUT2D eigenvalue weighted by Gasteiger charge is -2.29. The van der Waals surface area contributed by atoms with Crippen LogP contribution in [0.5, 0.6) is 0 Å². The lowest BCUT2D eigenvalue weighted by Crippen LogP contribution is -2.50. The number of rotatable bonds is 4. The van der Waals surface area contributed by atoms with E-state index >= 15 is 0 Å². The minimum absolute atomic E-state index is 0.0990. The van der Waals surface area contributed by atoms with Crippen molar-refractivity contribution in [1.82, 2.24) is 15.2 Å². The van der Waals surface area contributed by atoms with Crippen molar-refractivity contribution >= 4 is 11.8 Å². The first kappa shape index (κ1) is 16.2. The molecule has 1 aromatic carbocycles. The Morgan fingerprint density at radius 2 is 2.08 bits per heavy atom. The van der Waals surface area contributed by atoms with E-state index in [-0.39, 0.29) is 11.8 Å². The maximum absolute atomic E-state index is 12.4. The molecule has 1 aliphatic heterocycles. The van der Waals surface area contributed by atoms with E-state index in [9.17, 15) is 9.59 Å². The van der Waals surface area contributed by atoms with Gasteiger partial charge in [-0.05, 0) is 19.1 Å². The van der Waals surface area contributed by atoms with Crippen molar-refractivity contribution in [3.8, 4) is 11.3 Å². The van der Waals surface area contributed by atoms with Crippen molar-refractivity contribution in [2.24, 2.45) is 0 Å². The zero-order valence-corrected chi connectivity index (χ0v) is 13.4. The summed E-state index contributed by atoms with van der Waals surface area (Å²) < 4.78 is 10.5. The molecule has 1 fully saturated rings. The van der Waals surface area contributed by atoms with Crippen LogP contribution in [0.15, 0.2) is 41.3 Å². The van der Waals surface area contributed by atoms with Gasteiger partial charge in [0.15, 0.2) is 12.2 Å². The van der Waals surface area contributed by atoms with E-state index in [0.717, 1.165) is 5.56 Å². The largest absolute Gasteiger partial charge is 0.444 e. The summed E-state index contributed by atoms with van der Waals surface area (Å²) in [4.78, 5) is 30.3. The predicted octanol–water partition coefficient (Wildman–Crippen LogP) is 1.32. The second kappa shape index (κ2) is 7.27. The molecule has 1 saturated heterocycles. The van der Waals surface area contributed by atoms with Crippen molar-refractivity contribution in [2.75, 3.05) is 26.3 Å². The van der Waals surface area contributed by atoms with Crippen LogP contribution in [-0.4, -0.2) is 54.0 Å². The molecule has 0 bridgehead atoms. The van der Waals surface area contributed by atoms with Crippen molar-refractivity contribution in [1.29, 1.82) is 0 Å². The van der Waals surface area contributed by atoms with Gasteiger partial charge in [0.05, 0.1) is 19.4 Å². The molecule has 1 aromatic heterocycles. The highest BCUT2D eigenvalue weighted by Crippen LogP contribution is 2.19. The van der Waals surface area contributed by atoms with Crippen LogP contribution in [-0.2, 0) is 9.53 Å². The molecule has 3 rings (SSSR count). The average molecular weight is 329 g/mol. The van der Waals surface area contributed by atoms with Gasteiger partial charge >= 0.3 is 0 Å². The molecular weight excluding hydrogens is 310 g/mol. The normalized spacial score (nSPS) is 15.8. The second-order valence-electron chi connectivity index (χ2n) is 5.58. The van der Waals surface area contributed by atoms with Gasteiger partial charge in [0.2, 0.25) is 5.91 Å². The van der Waals surface area contributed by atoms with Crippen molar-refractivity contribution in [2.45, 2.75) is 13.0 Å². The van der Waals surface area contributed by atoms with Gasteiger partial charge in [0.1, 0.15) is 6.04 Å². The van der Waals surface area contributed by atoms with Gasteiger partial charge in [-0.3, -0.25) is 9.59 Å². The predicted molar refractivity (Wildman–Crippen MR) is 86.3 cm³/mol.